The van der Waals surface area contributed by atoms with Crippen LogP contribution in [0.15, 0.2) is 0 Å². The lowest BCUT2D eigenvalue weighted by atomic mass is 9.99. The first-order valence-corrected chi connectivity index (χ1v) is 6.84. The second-order valence-corrected chi connectivity index (χ2v) is 5.17. The van der Waals surface area contributed by atoms with Crippen LogP contribution >= 0.6 is 0 Å². The van der Waals surface area contributed by atoms with E-state index in [-0.39, 0.29) is 6.29 Å². The number of aliphatic hydroxyl groups is 8. The van der Waals surface area contributed by atoms with E-state index in [9.17, 15) is 35.4 Å². The Morgan fingerprint density at radius 3 is 2.09 bits per heavy atom. The molecular weight excluding hydrogens is 320 g/mol. The van der Waals surface area contributed by atoms with Gasteiger partial charge in [-0.1, -0.05) is 0 Å². The molecule has 0 amide bonds. The van der Waals surface area contributed by atoms with E-state index in [4.69, 9.17) is 19.7 Å². The van der Waals surface area contributed by atoms with Crippen molar-refractivity contribution in [2.75, 3.05) is 13.2 Å². The first-order valence-electron chi connectivity index (χ1n) is 6.84. The Morgan fingerprint density at radius 2 is 1.61 bits per heavy atom. The fourth-order valence-corrected chi connectivity index (χ4v) is 2.06. The SMILES string of the molecule is O=C[C@H](OC1O[C@H](CO)[C@H](O)[C@H](O)[C@H]1O)[C@@H](O)[C@H](O)[C@H](O)CO. The van der Waals surface area contributed by atoms with Crippen molar-refractivity contribution < 1.29 is 55.1 Å². The fourth-order valence-electron chi connectivity index (χ4n) is 2.06. The number of ether oxygens (including phenoxy) is 2. The Kier molecular flexibility index (Phi) is 7.89. The van der Waals surface area contributed by atoms with Crippen molar-refractivity contribution in [3.05, 3.63) is 0 Å². The maximum atomic E-state index is 11.0. The van der Waals surface area contributed by atoms with Crippen molar-refractivity contribution >= 4 is 6.29 Å². The minimum Gasteiger partial charge on any atom is -0.394 e. The Labute approximate surface area is 130 Å². The van der Waals surface area contributed by atoms with E-state index in [2.05, 4.69) is 0 Å². The maximum Gasteiger partial charge on any atom is 0.187 e. The molecule has 1 heterocycles. The molecule has 0 radical (unpaired) electrons. The topological polar surface area (TPSA) is 197 Å². The molecule has 1 aliphatic rings. The van der Waals surface area contributed by atoms with Gasteiger partial charge in [0, 0.05) is 0 Å². The van der Waals surface area contributed by atoms with E-state index in [1.54, 1.807) is 0 Å². The quantitative estimate of drug-likeness (QED) is 0.196. The maximum absolute atomic E-state index is 11.0. The highest BCUT2D eigenvalue weighted by Crippen LogP contribution is 2.23. The highest BCUT2D eigenvalue weighted by atomic mass is 16.7. The third-order valence-corrected chi connectivity index (χ3v) is 3.54. The molecule has 0 aromatic heterocycles. The van der Waals surface area contributed by atoms with Crippen LogP contribution in [0.5, 0.6) is 0 Å². The Bertz CT molecular complexity index is 365. The van der Waals surface area contributed by atoms with Crippen LogP contribution in [0.3, 0.4) is 0 Å². The number of hydrogen-bond donors (Lipinski definition) is 8. The zero-order valence-corrected chi connectivity index (χ0v) is 12.0. The summed E-state index contributed by atoms with van der Waals surface area (Å²) in [5.41, 5.74) is 0. The van der Waals surface area contributed by atoms with Gasteiger partial charge < -0.3 is 55.1 Å². The van der Waals surface area contributed by atoms with E-state index in [1.165, 1.54) is 0 Å². The minimum atomic E-state index is -1.97. The molecule has 1 saturated heterocycles. The number of carbonyl (C=O) groups excluding carboxylic acids is 1. The van der Waals surface area contributed by atoms with Crippen molar-refractivity contribution in [3.63, 3.8) is 0 Å². The van der Waals surface area contributed by atoms with Gasteiger partial charge in [-0.05, 0) is 0 Å². The average Bonchev–Trinajstić information content (AvgIpc) is 2.57. The van der Waals surface area contributed by atoms with E-state index in [1.807, 2.05) is 0 Å². The second kappa shape index (κ2) is 8.94. The summed E-state index contributed by atoms with van der Waals surface area (Å²) in [5.74, 6) is 0. The molecule has 23 heavy (non-hydrogen) atoms. The zero-order valence-electron chi connectivity index (χ0n) is 12.0. The highest BCUT2D eigenvalue weighted by Gasteiger charge is 2.46. The van der Waals surface area contributed by atoms with Crippen LogP contribution in [0, 0.1) is 0 Å². The molecule has 11 heteroatoms. The van der Waals surface area contributed by atoms with Crippen LogP contribution in [0.1, 0.15) is 0 Å². The summed E-state index contributed by atoms with van der Waals surface area (Å²) in [5, 5.41) is 75.2. The lowest BCUT2D eigenvalue weighted by molar-refractivity contribution is -0.315. The van der Waals surface area contributed by atoms with Gasteiger partial charge in [-0.3, -0.25) is 0 Å². The molecule has 9 atom stereocenters. The van der Waals surface area contributed by atoms with Gasteiger partial charge in [-0.25, -0.2) is 0 Å². The molecule has 0 aromatic rings. The molecule has 1 fully saturated rings. The summed E-state index contributed by atoms with van der Waals surface area (Å²) in [6.07, 6.45) is -15.5. The number of rotatable bonds is 8. The van der Waals surface area contributed by atoms with Crippen LogP contribution in [0.4, 0.5) is 0 Å². The van der Waals surface area contributed by atoms with Gasteiger partial charge in [-0.2, -0.15) is 0 Å². The normalized spacial score (nSPS) is 37.0. The predicted octanol–water partition coefficient (Wildman–Crippen LogP) is -5.55. The molecule has 1 aliphatic heterocycles. The zero-order chi connectivity index (χ0) is 17.7. The largest absolute Gasteiger partial charge is 0.394 e. The van der Waals surface area contributed by atoms with Gasteiger partial charge in [0.1, 0.15) is 48.8 Å². The van der Waals surface area contributed by atoms with E-state index >= 15 is 0 Å². The van der Waals surface area contributed by atoms with Crippen molar-refractivity contribution in [2.45, 2.75) is 55.1 Å². The summed E-state index contributed by atoms with van der Waals surface area (Å²) in [4.78, 5) is 11.0. The molecule has 8 N–H and O–H groups in total. The molecule has 1 rings (SSSR count). The summed E-state index contributed by atoms with van der Waals surface area (Å²) in [7, 11) is 0. The molecule has 1 unspecified atom stereocenters. The van der Waals surface area contributed by atoms with E-state index in [0.29, 0.717) is 0 Å². The van der Waals surface area contributed by atoms with Gasteiger partial charge in [0.15, 0.2) is 12.6 Å². The van der Waals surface area contributed by atoms with E-state index in [0.717, 1.165) is 0 Å². The highest BCUT2D eigenvalue weighted by molar-refractivity contribution is 5.57. The Hall–Kier alpha value is -0.730. The first-order chi connectivity index (χ1) is 10.8. The second-order valence-electron chi connectivity index (χ2n) is 5.17. The van der Waals surface area contributed by atoms with Crippen molar-refractivity contribution in [1.82, 2.24) is 0 Å². The third-order valence-electron chi connectivity index (χ3n) is 3.54. The molecule has 0 aliphatic carbocycles. The van der Waals surface area contributed by atoms with Crippen LogP contribution < -0.4 is 0 Å². The molecule has 0 aromatic carbocycles. The van der Waals surface area contributed by atoms with Crippen LogP contribution in [-0.4, -0.2) is 115 Å². The number of carbonyl (C=O) groups is 1. The molecule has 0 spiro atoms. The molecule has 0 bridgehead atoms. The molecule has 136 valence electrons. The molecular formula is C12H22O11. The van der Waals surface area contributed by atoms with Crippen LogP contribution in [0.2, 0.25) is 0 Å². The first kappa shape index (κ1) is 20.3. The van der Waals surface area contributed by atoms with Crippen molar-refractivity contribution in [1.29, 1.82) is 0 Å². The van der Waals surface area contributed by atoms with Crippen molar-refractivity contribution in [3.8, 4) is 0 Å². The lowest BCUT2D eigenvalue weighted by Gasteiger charge is -2.41. The standard InChI is InChI=1S/C12H22O11/c13-1-4(16)7(17)8(18)5(2-14)22-12-11(21)10(20)9(19)6(3-15)23-12/h2,4-13,15-21H,1,3H2/t4-,5+,6-,7-,8-,9+,10+,11-,12?/m1/s1. The minimum absolute atomic E-state index is 0.0550. The smallest absolute Gasteiger partial charge is 0.187 e. The average molecular weight is 342 g/mol. The van der Waals surface area contributed by atoms with Crippen molar-refractivity contribution in [2.24, 2.45) is 0 Å². The monoisotopic (exact) mass is 342 g/mol. The summed E-state index contributed by atoms with van der Waals surface area (Å²) < 4.78 is 9.94. The van der Waals surface area contributed by atoms with Gasteiger partial charge >= 0.3 is 0 Å². The summed E-state index contributed by atoms with van der Waals surface area (Å²) >= 11 is 0. The summed E-state index contributed by atoms with van der Waals surface area (Å²) in [6, 6.07) is 0. The van der Waals surface area contributed by atoms with Gasteiger partial charge in [0.25, 0.3) is 0 Å². The number of aliphatic hydroxyl groups excluding tert-OH is 8. The predicted molar refractivity (Wildman–Crippen MR) is 69.8 cm³/mol. The molecule has 0 saturated carbocycles. The van der Waals surface area contributed by atoms with Crippen LogP contribution in [-0.2, 0) is 14.3 Å². The molecule has 11 nitrogen and oxygen atoms in total. The Balaban J connectivity index is 2.79. The fraction of sp³-hybridized carbons (Fsp3) is 0.917. The van der Waals surface area contributed by atoms with E-state index < -0.39 is 68.3 Å². The Morgan fingerprint density at radius 1 is 1.00 bits per heavy atom. The summed E-state index contributed by atoms with van der Waals surface area (Å²) in [6.45, 7) is -1.60. The number of hydrogen-bond acceptors (Lipinski definition) is 11. The van der Waals surface area contributed by atoms with Crippen LogP contribution in [0.25, 0.3) is 0 Å². The van der Waals surface area contributed by atoms with Gasteiger partial charge in [0.05, 0.1) is 13.2 Å². The lowest BCUT2D eigenvalue weighted by Crippen LogP contribution is -2.60. The number of aldehydes is 1. The third kappa shape index (κ3) is 4.64. The van der Waals surface area contributed by atoms with Gasteiger partial charge in [0.2, 0.25) is 0 Å². The van der Waals surface area contributed by atoms with Gasteiger partial charge in [-0.15, -0.1) is 0 Å².